The number of carbonyl (C=O) groups excluding carboxylic acids is 4. The van der Waals surface area contributed by atoms with E-state index in [2.05, 4.69) is 13.2 Å². The fraction of sp³-hybridized carbons (Fsp3) is 0.375. The van der Waals surface area contributed by atoms with Crippen LogP contribution in [0, 0.1) is 0 Å². The Labute approximate surface area is 245 Å². The Bertz CT molecular complexity index is 1180. The van der Waals surface area contributed by atoms with Gasteiger partial charge in [-0.25, -0.2) is 19.2 Å². The van der Waals surface area contributed by atoms with Gasteiger partial charge in [0.05, 0.1) is 0 Å². The zero-order valence-electron chi connectivity index (χ0n) is 24.0. The normalized spacial score (nSPS) is 13.7. The Kier molecular flexibility index (Phi) is 11.7. The van der Waals surface area contributed by atoms with E-state index in [4.69, 9.17) is 28.4 Å². The van der Waals surface area contributed by atoms with Crippen molar-refractivity contribution in [2.75, 3.05) is 26.4 Å². The maximum Gasteiger partial charge on any atom is 0.513 e. The summed E-state index contributed by atoms with van der Waals surface area (Å²) in [5.41, 5.74) is 2.42. The maximum absolute atomic E-state index is 12.0. The van der Waals surface area contributed by atoms with E-state index in [1.165, 1.54) is 13.8 Å². The van der Waals surface area contributed by atoms with Crippen LogP contribution in [0.15, 0.2) is 72.8 Å². The van der Waals surface area contributed by atoms with Gasteiger partial charge >= 0.3 is 24.2 Å². The summed E-state index contributed by atoms with van der Waals surface area (Å²) in [5, 5.41) is 0. The maximum atomic E-state index is 12.0. The van der Waals surface area contributed by atoms with E-state index in [9.17, 15) is 19.2 Å². The molecule has 0 spiro atoms. The molecule has 0 amide bonds. The van der Waals surface area contributed by atoms with Gasteiger partial charge in [0.2, 0.25) is 0 Å². The number of rotatable bonds is 12. The first-order chi connectivity index (χ1) is 20.1. The predicted octanol–water partition coefficient (Wildman–Crippen LogP) is 6.21. The fourth-order valence-corrected chi connectivity index (χ4v) is 4.60. The Morgan fingerprint density at radius 1 is 0.595 bits per heavy atom. The van der Waals surface area contributed by atoms with Crippen LogP contribution in [0.4, 0.5) is 9.59 Å². The van der Waals surface area contributed by atoms with Gasteiger partial charge in [-0.1, -0.05) is 56.7 Å². The molecule has 3 rings (SSSR count). The minimum Gasteiger partial charge on any atom is -0.459 e. The second-order valence-electron chi connectivity index (χ2n) is 9.93. The number of ether oxygens (including phenoxy) is 6. The van der Waals surface area contributed by atoms with Crippen LogP contribution in [0.5, 0.6) is 11.5 Å². The number of esters is 2. The molecule has 0 radical (unpaired) electrons. The smallest absolute Gasteiger partial charge is 0.459 e. The highest BCUT2D eigenvalue weighted by Gasteiger charge is 2.35. The van der Waals surface area contributed by atoms with Crippen molar-refractivity contribution in [3.63, 3.8) is 0 Å². The van der Waals surface area contributed by atoms with Gasteiger partial charge in [0.15, 0.2) is 0 Å². The molecule has 0 atom stereocenters. The van der Waals surface area contributed by atoms with Gasteiger partial charge in [0, 0.05) is 16.6 Å². The standard InChI is InChI=1S/C32H36O10/c1-22(2)28(33)37-18-20-39-30(35)41-26-12-8-24(9-13-26)32(16-6-5-7-17-32)25-10-14-27(15-11-25)42-31(36)40-21-19-38-29(34)23(3)4/h8-15H,1,3,5-7,16-21H2,2,4H3. The molecule has 0 aromatic heterocycles. The van der Waals surface area contributed by atoms with Crippen LogP contribution in [0.25, 0.3) is 0 Å². The Balaban J connectivity index is 1.57. The molecule has 1 aliphatic carbocycles. The Morgan fingerprint density at radius 2 is 0.952 bits per heavy atom. The van der Waals surface area contributed by atoms with Gasteiger partial charge in [-0.15, -0.1) is 0 Å². The third-order valence-corrected chi connectivity index (χ3v) is 6.69. The van der Waals surface area contributed by atoms with E-state index in [1.54, 1.807) is 24.3 Å². The monoisotopic (exact) mass is 580 g/mol. The van der Waals surface area contributed by atoms with Gasteiger partial charge < -0.3 is 28.4 Å². The third-order valence-electron chi connectivity index (χ3n) is 6.69. The molecule has 10 nitrogen and oxygen atoms in total. The van der Waals surface area contributed by atoms with Crippen molar-refractivity contribution in [2.24, 2.45) is 0 Å². The third kappa shape index (κ3) is 9.22. The zero-order chi connectivity index (χ0) is 30.5. The minimum absolute atomic E-state index is 0.0970. The molecule has 0 saturated heterocycles. The van der Waals surface area contributed by atoms with Gasteiger partial charge in [-0.2, -0.15) is 0 Å². The van der Waals surface area contributed by atoms with Gasteiger partial charge in [0.1, 0.15) is 37.9 Å². The molecule has 0 unspecified atom stereocenters. The second kappa shape index (κ2) is 15.4. The van der Waals surface area contributed by atoms with Crippen LogP contribution in [0.1, 0.15) is 57.1 Å². The second-order valence-corrected chi connectivity index (χ2v) is 9.93. The lowest BCUT2D eigenvalue weighted by molar-refractivity contribution is -0.140. The van der Waals surface area contributed by atoms with E-state index >= 15 is 0 Å². The lowest BCUT2D eigenvalue weighted by atomic mass is 9.65. The average Bonchev–Trinajstić information content (AvgIpc) is 2.98. The van der Waals surface area contributed by atoms with Crippen molar-refractivity contribution in [3.8, 4) is 11.5 Å². The molecule has 0 N–H and O–H groups in total. The molecule has 2 aromatic rings. The van der Waals surface area contributed by atoms with Crippen LogP contribution in [0.3, 0.4) is 0 Å². The van der Waals surface area contributed by atoms with Crippen molar-refractivity contribution in [2.45, 2.75) is 51.4 Å². The quantitative estimate of drug-likeness (QED) is 0.0941. The van der Waals surface area contributed by atoms with Crippen molar-refractivity contribution in [3.05, 3.63) is 84.0 Å². The topological polar surface area (TPSA) is 124 Å². The summed E-state index contributed by atoms with van der Waals surface area (Å²) in [6, 6.07) is 14.6. The lowest BCUT2D eigenvalue weighted by Crippen LogP contribution is -2.30. The van der Waals surface area contributed by atoms with Crippen LogP contribution in [-0.4, -0.2) is 50.7 Å². The highest BCUT2D eigenvalue weighted by Crippen LogP contribution is 2.45. The fourth-order valence-electron chi connectivity index (χ4n) is 4.60. The van der Waals surface area contributed by atoms with Gasteiger partial charge in [-0.3, -0.25) is 0 Å². The Morgan fingerprint density at radius 3 is 1.31 bits per heavy atom. The average molecular weight is 581 g/mol. The summed E-state index contributed by atoms with van der Waals surface area (Å²) >= 11 is 0. The van der Waals surface area contributed by atoms with Crippen molar-refractivity contribution in [1.82, 2.24) is 0 Å². The molecule has 0 aliphatic heterocycles. The molecule has 0 heterocycles. The van der Waals surface area contributed by atoms with E-state index in [0.717, 1.165) is 43.2 Å². The highest BCUT2D eigenvalue weighted by molar-refractivity contribution is 5.87. The largest absolute Gasteiger partial charge is 0.513 e. The molecular formula is C32H36O10. The number of hydrogen-bond acceptors (Lipinski definition) is 10. The zero-order valence-corrected chi connectivity index (χ0v) is 24.0. The van der Waals surface area contributed by atoms with Crippen molar-refractivity contribution < 1.29 is 47.6 Å². The molecule has 1 aliphatic rings. The van der Waals surface area contributed by atoms with E-state index in [-0.39, 0.29) is 43.0 Å². The molecule has 0 bridgehead atoms. The van der Waals surface area contributed by atoms with Crippen LogP contribution in [-0.2, 0) is 34.0 Å². The molecule has 10 heteroatoms. The molecule has 224 valence electrons. The van der Waals surface area contributed by atoms with E-state index in [1.807, 2.05) is 24.3 Å². The van der Waals surface area contributed by atoms with Crippen LogP contribution >= 0.6 is 0 Å². The van der Waals surface area contributed by atoms with Crippen LogP contribution < -0.4 is 9.47 Å². The predicted molar refractivity (Wildman–Crippen MR) is 152 cm³/mol. The lowest BCUT2D eigenvalue weighted by Gasteiger charge is -2.38. The molecule has 42 heavy (non-hydrogen) atoms. The number of carbonyl (C=O) groups is 4. The van der Waals surface area contributed by atoms with Gasteiger partial charge in [-0.05, 0) is 62.1 Å². The summed E-state index contributed by atoms with van der Waals surface area (Å²) in [7, 11) is 0. The summed E-state index contributed by atoms with van der Waals surface area (Å²) in [6.45, 7) is 9.54. The SMILES string of the molecule is C=C(C)C(=O)OCCOC(=O)Oc1ccc(C2(c3ccc(OC(=O)OCCOC(=O)C(=C)C)cc3)CCCCC2)cc1. The first-order valence-electron chi connectivity index (χ1n) is 13.7. The summed E-state index contributed by atoms with van der Waals surface area (Å²) in [6.07, 6.45) is 3.33. The van der Waals surface area contributed by atoms with Gasteiger partial charge in [0.25, 0.3) is 0 Å². The Hall–Kier alpha value is -4.60. The molecule has 2 aromatic carbocycles. The number of benzene rings is 2. The van der Waals surface area contributed by atoms with Crippen molar-refractivity contribution >= 4 is 24.2 Å². The molecule has 1 fully saturated rings. The van der Waals surface area contributed by atoms with E-state index < -0.39 is 24.2 Å². The minimum atomic E-state index is -0.900. The first-order valence-corrected chi connectivity index (χ1v) is 13.7. The molecular weight excluding hydrogens is 544 g/mol. The summed E-state index contributed by atoms with van der Waals surface area (Å²) in [4.78, 5) is 46.8. The van der Waals surface area contributed by atoms with Crippen LogP contribution in [0.2, 0.25) is 0 Å². The highest BCUT2D eigenvalue weighted by atomic mass is 16.7. The van der Waals surface area contributed by atoms with Crippen molar-refractivity contribution in [1.29, 1.82) is 0 Å². The first kappa shape index (κ1) is 31.9. The molecule has 1 saturated carbocycles. The summed E-state index contributed by atoms with van der Waals surface area (Å²) < 4.78 is 30.2. The van der Waals surface area contributed by atoms with E-state index in [0.29, 0.717) is 11.5 Å². The summed E-state index contributed by atoms with van der Waals surface area (Å²) in [5.74, 6) is -0.463. The number of hydrogen-bond donors (Lipinski definition) is 0.